The van der Waals surface area contributed by atoms with Crippen molar-refractivity contribution in [1.29, 1.82) is 0 Å². The predicted octanol–water partition coefficient (Wildman–Crippen LogP) is 2.73. The van der Waals surface area contributed by atoms with Gasteiger partial charge in [0.2, 0.25) is 0 Å². The molecule has 2 N–H and O–H groups in total. The van der Waals surface area contributed by atoms with Gasteiger partial charge in [-0.15, -0.1) is 0 Å². The highest BCUT2D eigenvalue weighted by Crippen LogP contribution is 2.49. The van der Waals surface area contributed by atoms with Crippen LogP contribution in [0, 0.1) is 17.8 Å². The Kier molecular flexibility index (Phi) is 5.00. The average Bonchev–Trinajstić information content (AvgIpc) is 3.18. The van der Waals surface area contributed by atoms with Crippen LogP contribution in [0.1, 0.15) is 38.5 Å². The van der Waals surface area contributed by atoms with E-state index in [9.17, 15) is 9.59 Å². The van der Waals surface area contributed by atoms with E-state index in [1.54, 1.807) is 18.2 Å². The van der Waals surface area contributed by atoms with Crippen LogP contribution in [-0.4, -0.2) is 31.6 Å². The van der Waals surface area contributed by atoms with Crippen molar-refractivity contribution in [2.75, 3.05) is 25.1 Å². The quantitative estimate of drug-likeness (QED) is 0.812. The molecular formula is C20H26N2O4. The van der Waals surface area contributed by atoms with E-state index in [2.05, 4.69) is 10.6 Å². The Morgan fingerprint density at radius 1 is 1.04 bits per heavy atom. The van der Waals surface area contributed by atoms with Gasteiger partial charge in [0.05, 0.1) is 13.2 Å². The summed E-state index contributed by atoms with van der Waals surface area (Å²) in [6.07, 6.45) is 7.18. The first-order chi connectivity index (χ1) is 12.7. The zero-order valence-corrected chi connectivity index (χ0v) is 15.0. The first-order valence-electron chi connectivity index (χ1n) is 9.68. The van der Waals surface area contributed by atoms with Crippen molar-refractivity contribution < 1.29 is 19.1 Å². The van der Waals surface area contributed by atoms with Crippen LogP contribution in [-0.2, 0) is 9.59 Å². The van der Waals surface area contributed by atoms with Gasteiger partial charge in [0.15, 0.2) is 11.5 Å². The molecule has 0 aromatic heterocycles. The SMILES string of the molecule is O=C(NCC[C@@H]1C[C@H]2CC[C@H]1C2)C(=O)Nc1ccc2c(c1)OCCCO2. The Morgan fingerprint density at radius 2 is 1.88 bits per heavy atom. The second-order valence-electron chi connectivity index (χ2n) is 7.65. The molecule has 2 fully saturated rings. The van der Waals surface area contributed by atoms with Crippen molar-refractivity contribution in [3.05, 3.63) is 18.2 Å². The molecule has 0 spiro atoms. The van der Waals surface area contributed by atoms with Gasteiger partial charge in [-0.25, -0.2) is 0 Å². The van der Waals surface area contributed by atoms with Crippen LogP contribution >= 0.6 is 0 Å². The van der Waals surface area contributed by atoms with E-state index in [-0.39, 0.29) is 0 Å². The standard InChI is InChI=1S/C20H26N2O4/c23-19(21-7-6-15-11-13-2-3-14(15)10-13)20(24)22-16-4-5-17-18(12-16)26-9-1-8-25-17/h4-5,12-15H,1-3,6-11H2,(H,21,23)(H,22,24)/t13-,14-,15+/m0/s1. The number of hydrogen-bond donors (Lipinski definition) is 2. The van der Waals surface area contributed by atoms with Crippen LogP contribution in [0.3, 0.4) is 0 Å². The van der Waals surface area contributed by atoms with Gasteiger partial charge >= 0.3 is 11.8 Å². The number of carbonyl (C=O) groups excluding carboxylic acids is 2. The first-order valence-corrected chi connectivity index (χ1v) is 9.68. The van der Waals surface area contributed by atoms with E-state index < -0.39 is 11.8 Å². The second kappa shape index (κ2) is 7.56. The van der Waals surface area contributed by atoms with E-state index in [0.29, 0.717) is 36.9 Å². The van der Waals surface area contributed by atoms with Crippen molar-refractivity contribution in [1.82, 2.24) is 5.32 Å². The summed E-state index contributed by atoms with van der Waals surface area (Å²) in [5.41, 5.74) is 0.530. The molecule has 2 saturated carbocycles. The third kappa shape index (κ3) is 3.79. The lowest BCUT2D eigenvalue weighted by molar-refractivity contribution is -0.136. The summed E-state index contributed by atoms with van der Waals surface area (Å²) in [6, 6.07) is 5.17. The molecule has 1 aliphatic heterocycles. The number of rotatable bonds is 4. The molecule has 1 aromatic carbocycles. The summed E-state index contributed by atoms with van der Waals surface area (Å²) in [5.74, 6) is 2.50. The highest BCUT2D eigenvalue weighted by Gasteiger charge is 2.38. The summed E-state index contributed by atoms with van der Waals surface area (Å²) in [7, 11) is 0. The minimum absolute atomic E-state index is 0.530. The van der Waals surface area contributed by atoms with Crippen LogP contribution < -0.4 is 20.1 Å². The van der Waals surface area contributed by atoms with Gasteiger partial charge in [-0.3, -0.25) is 9.59 Å². The maximum absolute atomic E-state index is 12.1. The van der Waals surface area contributed by atoms with Crippen molar-refractivity contribution in [2.45, 2.75) is 38.5 Å². The van der Waals surface area contributed by atoms with Crippen molar-refractivity contribution >= 4 is 17.5 Å². The van der Waals surface area contributed by atoms with Gasteiger partial charge in [0.1, 0.15) is 0 Å². The van der Waals surface area contributed by atoms with Gasteiger partial charge in [0.25, 0.3) is 0 Å². The van der Waals surface area contributed by atoms with Gasteiger partial charge in [-0.1, -0.05) is 6.42 Å². The average molecular weight is 358 g/mol. The zero-order chi connectivity index (χ0) is 17.9. The summed E-state index contributed by atoms with van der Waals surface area (Å²) >= 11 is 0. The molecule has 2 amide bonds. The van der Waals surface area contributed by atoms with Crippen LogP contribution in [0.2, 0.25) is 0 Å². The molecule has 6 nitrogen and oxygen atoms in total. The van der Waals surface area contributed by atoms with Gasteiger partial charge in [-0.2, -0.15) is 0 Å². The van der Waals surface area contributed by atoms with E-state index >= 15 is 0 Å². The lowest BCUT2D eigenvalue weighted by Gasteiger charge is -2.21. The molecule has 0 radical (unpaired) electrons. The number of amides is 2. The number of carbonyl (C=O) groups is 2. The summed E-state index contributed by atoms with van der Waals surface area (Å²) < 4.78 is 11.2. The van der Waals surface area contributed by atoms with E-state index in [1.807, 2.05) is 0 Å². The van der Waals surface area contributed by atoms with Crippen LogP contribution in [0.5, 0.6) is 11.5 Å². The smallest absolute Gasteiger partial charge is 0.313 e. The minimum atomic E-state index is -0.646. The fourth-order valence-electron chi connectivity index (χ4n) is 4.61. The summed E-state index contributed by atoms with van der Waals surface area (Å²) in [5, 5.41) is 5.39. The molecule has 26 heavy (non-hydrogen) atoms. The predicted molar refractivity (Wildman–Crippen MR) is 97.2 cm³/mol. The van der Waals surface area contributed by atoms with Gasteiger partial charge in [0, 0.05) is 24.7 Å². The monoisotopic (exact) mass is 358 g/mol. The number of ether oxygens (including phenoxy) is 2. The third-order valence-corrected chi connectivity index (χ3v) is 5.90. The fraction of sp³-hybridized carbons (Fsp3) is 0.600. The Hall–Kier alpha value is -2.24. The lowest BCUT2D eigenvalue weighted by Crippen LogP contribution is -2.36. The molecule has 0 saturated heterocycles. The Labute approximate surface area is 153 Å². The number of benzene rings is 1. The van der Waals surface area contributed by atoms with Crippen LogP contribution in [0.15, 0.2) is 18.2 Å². The molecule has 1 aromatic rings. The number of hydrogen-bond acceptors (Lipinski definition) is 4. The molecule has 3 atom stereocenters. The van der Waals surface area contributed by atoms with E-state index in [0.717, 1.165) is 30.6 Å². The Morgan fingerprint density at radius 3 is 2.65 bits per heavy atom. The largest absolute Gasteiger partial charge is 0.490 e. The highest BCUT2D eigenvalue weighted by molar-refractivity contribution is 6.39. The number of nitrogens with one attached hydrogen (secondary N) is 2. The second-order valence-corrected chi connectivity index (χ2v) is 7.65. The minimum Gasteiger partial charge on any atom is -0.490 e. The molecule has 4 rings (SSSR count). The van der Waals surface area contributed by atoms with Crippen LogP contribution in [0.4, 0.5) is 5.69 Å². The summed E-state index contributed by atoms with van der Waals surface area (Å²) in [6.45, 7) is 1.76. The van der Waals surface area contributed by atoms with E-state index in [1.165, 1.54) is 25.7 Å². The van der Waals surface area contributed by atoms with Crippen molar-refractivity contribution in [3.8, 4) is 11.5 Å². The Balaban J connectivity index is 1.25. The molecular weight excluding hydrogens is 332 g/mol. The van der Waals surface area contributed by atoms with Gasteiger partial charge < -0.3 is 20.1 Å². The molecule has 1 heterocycles. The molecule has 0 unspecified atom stereocenters. The highest BCUT2D eigenvalue weighted by atomic mass is 16.5. The van der Waals surface area contributed by atoms with E-state index in [4.69, 9.17) is 9.47 Å². The third-order valence-electron chi connectivity index (χ3n) is 5.90. The van der Waals surface area contributed by atoms with Crippen molar-refractivity contribution in [3.63, 3.8) is 0 Å². The fourth-order valence-corrected chi connectivity index (χ4v) is 4.61. The normalized spacial score (nSPS) is 26.2. The Bertz CT molecular complexity index is 690. The van der Waals surface area contributed by atoms with Crippen molar-refractivity contribution in [2.24, 2.45) is 17.8 Å². The molecule has 140 valence electrons. The van der Waals surface area contributed by atoms with Crippen LogP contribution in [0.25, 0.3) is 0 Å². The maximum atomic E-state index is 12.1. The maximum Gasteiger partial charge on any atom is 0.313 e. The molecule has 3 aliphatic rings. The molecule has 6 heteroatoms. The number of fused-ring (bicyclic) bond motifs is 3. The topological polar surface area (TPSA) is 76.7 Å². The molecule has 2 bridgehead atoms. The first kappa shape index (κ1) is 17.2. The lowest BCUT2D eigenvalue weighted by atomic mass is 9.86. The zero-order valence-electron chi connectivity index (χ0n) is 15.0. The number of anilines is 1. The summed E-state index contributed by atoms with van der Waals surface area (Å²) in [4.78, 5) is 24.2. The molecule has 2 aliphatic carbocycles. The van der Waals surface area contributed by atoms with Gasteiger partial charge in [-0.05, 0) is 55.6 Å².